The molecule has 1 amide bonds. The van der Waals surface area contributed by atoms with Crippen molar-refractivity contribution in [2.75, 3.05) is 31.9 Å². The van der Waals surface area contributed by atoms with Crippen LogP contribution in [0, 0.1) is 0 Å². The Morgan fingerprint density at radius 2 is 2.00 bits per heavy atom. The van der Waals surface area contributed by atoms with Crippen LogP contribution in [0.3, 0.4) is 0 Å². The monoisotopic (exact) mass is 351 g/mol. The molecule has 0 bridgehead atoms. The van der Waals surface area contributed by atoms with E-state index in [0.29, 0.717) is 49.3 Å². The summed E-state index contributed by atoms with van der Waals surface area (Å²) in [6.45, 7) is 3.48. The number of carbonyl (C=O) groups excluding carboxylic acids is 1. The molecule has 0 radical (unpaired) electrons. The Balaban J connectivity index is 1.64. The van der Waals surface area contributed by atoms with Crippen LogP contribution in [0.4, 0.5) is 0 Å². The highest BCUT2D eigenvalue weighted by Gasteiger charge is 2.28. The predicted molar refractivity (Wildman–Crippen MR) is 90.2 cm³/mol. The van der Waals surface area contributed by atoms with E-state index >= 15 is 0 Å². The van der Waals surface area contributed by atoms with Crippen LogP contribution in [-0.2, 0) is 10.0 Å². The summed E-state index contributed by atoms with van der Waals surface area (Å²) in [5.41, 5.74) is 1.82. The number of rotatable bonds is 5. The maximum atomic E-state index is 12.6. The van der Waals surface area contributed by atoms with Crippen molar-refractivity contribution in [3.8, 4) is 0 Å². The average Bonchev–Trinajstić information content (AvgIpc) is 3.07. The lowest BCUT2D eigenvalue weighted by atomic mass is 10.1. The van der Waals surface area contributed by atoms with Crippen molar-refractivity contribution in [2.24, 2.45) is 0 Å². The molecule has 0 saturated carbocycles. The Morgan fingerprint density at radius 3 is 2.71 bits per heavy atom. The van der Waals surface area contributed by atoms with E-state index in [2.05, 4.69) is 4.98 Å². The quantitative estimate of drug-likeness (QED) is 0.819. The largest absolute Gasteiger partial charge is 0.443 e. The fraction of sp³-hybridized carbons (Fsp3) is 0.500. The molecule has 0 atom stereocenters. The number of oxazole rings is 1. The highest BCUT2D eigenvalue weighted by Crippen LogP contribution is 2.17. The first-order valence-corrected chi connectivity index (χ1v) is 9.72. The van der Waals surface area contributed by atoms with Crippen molar-refractivity contribution in [1.82, 2.24) is 14.2 Å². The highest BCUT2D eigenvalue weighted by molar-refractivity contribution is 7.89. The lowest BCUT2D eigenvalue weighted by molar-refractivity contribution is 0.0698. The van der Waals surface area contributed by atoms with Gasteiger partial charge in [-0.2, -0.15) is 4.31 Å². The number of nitrogens with zero attached hydrogens (tertiary/aromatic N) is 3. The van der Waals surface area contributed by atoms with Crippen LogP contribution in [-0.4, -0.2) is 60.4 Å². The third-order valence-electron chi connectivity index (χ3n) is 4.25. The number of aromatic nitrogens is 1. The molecular formula is C16H21N3O4S. The van der Waals surface area contributed by atoms with Crippen LogP contribution in [0.5, 0.6) is 0 Å². The molecule has 24 heavy (non-hydrogen) atoms. The molecule has 1 aliphatic heterocycles. The first kappa shape index (κ1) is 16.9. The molecule has 0 unspecified atom stereocenters. The Kier molecular flexibility index (Phi) is 4.86. The van der Waals surface area contributed by atoms with Gasteiger partial charge >= 0.3 is 0 Å². The molecule has 2 aromatic rings. The number of benzene rings is 1. The molecule has 1 fully saturated rings. The number of piperazine rings is 1. The smallest absolute Gasteiger partial charge is 0.254 e. The molecule has 1 aliphatic rings. The van der Waals surface area contributed by atoms with Gasteiger partial charge in [-0.3, -0.25) is 4.79 Å². The molecule has 7 nitrogen and oxygen atoms in total. The normalized spacial score (nSPS) is 16.6. The molecule has 130 valence electrons. The molecule has 0 spiro atoms. The second-order valence-electron chi connectivity index (χ2n) is 5.90. The molecule has 1 saturated heterocycles. The van der Waals surface area contributed by atoms with Gasteiger partial charge in [-0.1, -0.05) is 13.3 Å². The third kappa shape index (κ3) is 3.44. The maximum Gasteiger partial charge on any atom is 0.254 e. The van der Waals surface area contributed by atoms with Crippen LogP contribution in [0.25, 0.3) is 11.1 Å². The number of carbonyl (C=O) groups is 1. The van der Waals surface area contributed by atoms with Gasteiger partial charge in [0.2, 0.25) is 10.0 Å². The standard InChI is InChI=1S/C16H21N3O4S/c1-2-3-10-24(21,22)19-8-6-18(7-9-19)16(20)13-4-5-15-14(11-13)17-12-23-15/h4-5,11-12H,2-3,6-10H2,1H3. The summed E-state index contributed by atoms with van der Waals surface area (Å²) in [5.74, 6) is 0.0748. The van der Waals surface area contributed by atoms with Gasteiger partial charge in [0.05, 0.1) is 5.75 Å². The Bertz CT molecular complexity index is 823. The first-order valence-electron chi connectivity index (χ1n) is 8.11. The minimum absolute atomic E-state index is 0.106. The van der Waals surface area contributed by atoms with Crippen molar-refractivity contribution < 1.29 is 17.6 Å². The van der Waals surface area contributed by atoms with Gasteiger partial charge in [-0.15, -0.1) is 0 Å². The SMILES string of the molecule is CCCCS(=O)(=O)N1CCN(C(=O)c2ccc3ocnc3c2)CC1. The van der Waals surface area contributed by atoms with Crippen LogP contribution in [0.1, 0.15) is 30.1 Å². The summed E-state index contributed by atoms with van der Waals surface area (Å²) < 4.78 is 31.1. The van der Waals surface area contributed by atoms with Gasteiger partial charge in [0.15, 0.2) is 12.0 Å². The summed E-state index contributed by atoms with van der Waals surface area (Å²) >= 11 is 0. The number of sulfonamides is 1. The van der Waals surface area contributed by atoms with Gasteiger partial charge < -0.3 is 9.32 Å². The van der Waals surface area contributed by atoms with Gasteiger partial charge in [0.25, 0.3) is 5.91 Å². The minimum Gasteiger partial charge on any atom is -0.443 e. The topological polar surface area (TPSA) is 83.7 Å². The van der Waals surface area contributed by atoms with E-state index in [1.54, 1.807) is 23.1 Å². The molecule has 3 rings (SSSR count). The Morgan fingerprint density at radius 1 is 1.25 bits per heavy atom. The average molecular weight is 351 g/mol. The Hall–Kier alpha value is -1.93. The first-order chi connectivity index (χ1) is 11.5. The summed E-state index contributed by atoms with van der Waals surface area (Å²) in [7, 11) is -3.21. The second-order valence-corrected chi connectivity index (χ2v) is 7.98. The van der Waals surface area contributed by atoms with Crippen LogP contribution >= 0.6 is 0 Å². The summed E-state index contributed by atoms with van der Waals surface area (Å²) in [6, 6.07) is 5.13. The second kappa shape index (κ2) is 6.90. The molecule has 8 heteroatoms. The summed E-state index contributed by atoms with van der Waals surface area (Å²) in [5, 5.41) is 0. The van der Waals surface area contributed by atoms with Gasteiger partial charge in [-0.25, -0.2) is 13.4 Å². The number of hydrogen-bond donors (Lipinski definition) is 0. The van der Waals surface area contributed by atoms with E-state index in [4.69, 9.17) is 4.42 Å². The zero-order valence-corrected chi connectivity index (χ0v) is 14.5. The van der Waals surface area contributed by atoms with Crippen molar-refractivity contribution in [2.45, 2.75) is 19.8 Å². The van der Waals surface area contributed by atoms with E-state index < -0.39 is 10.0 Å². The van der Waals surface area contributed by atoms with Crippen LogP contribution < -0.4 is 0 Å². The fourth-order valence-corrected chi connectivity index (χ4v) is 4.43. The zero-order valence-electron chi connectivity index (χ0n) is 13.6. The fourth-order valence-electron chi connectivity index (χ4n) is 2.80. The van der Waals surface area contributed by atoms with Gasteiger partial charge in [0.1, 0.15) is 5.52 Å². The lowest BCUT2D eigenvalue weighted by Gasteiger charge is -2.34. The third-order valence-corrected chi connectivity index (χ3v) is 6.21. The number of fused-ring (bicyclic) bond motifs is 1. The van der Waals surface area contributed by atoms with E-state index in [-0.39, 0.29) is 11.7 Å². The van der Waals surface area contributed by atoms with Crippen molar-refractivity contribution in [3.63, 3.8) is 0 Å². The number of hydrogen-bond acceptors (Lipinski definition) is 5. The maximum absolute atomic E-state index is 12.6. The summed E-state index contributed by atoms with van der Waals surface area (Å²) in [4.78, 5) is 18.3. The van der Waals surface area contributed by atoms with E-state index in [1.807, 2.05) is 6.92 Å². The van der Waals surface area contributed by atoms with Crippen molar-refractivity contribution in [3.05, 3.63) is 30.2 Å². The molecule has 0 N–H and O–H groups in total. The van der Waals surface area contributed by atoms with Crippen LogP contribution in [0.2, 0.25) is 0 Å². The Labute approximate surface area is 141 Å². The van der Waals surface area contributed by atoms with E-state index in [9.17, 15) is 13.2 Å². The zero-order chi connectivity index (χ0) is 17.2. The van der Waals surface area contributed by atoms with Crippen LogP contribution in [0.15, 0.2) is 29.0 Å². The predicted octanol–water partition coefficient (Wildman–Crippen LogP) is 1.72. The highest BCUT2D eigenvalue weighted by atomic mass is 32.2. The van der Waals surface area contributed by atoms with E-state index in [0.717, 1.165) is 6.42 Å². The molecular weight excluding hydrogens is 330 g/mol. The lowest BCUT2D eigenvalue weighted by Crippen LogP contribution is -2.51. The van der Waals surface area contributed by atoms with E-state index in [1.165, 1.54) is 10.7 Å². The minimum atomic E-state index is -3.21. The number of amides is 1. The van der Waals surface area contributed by atoms with Crippen molar-refractivity contribution >= 4 is 27.0 Å². The molecule has 1 aromatic heterocycles. The number of unbranched alkanes of at least 4 members (excludes halogenated alkanes) is 1. The molecule has 0 aliphatic carbocycles. The summed E-state index contributed by atoms with van der Waals surface area (Å²) in [6.07, 6.45) is 2.86. The van der Waals surface area contributed by atoms with Gasteiger partial charge in [-0.05, 0) is 24.6 Å². The molecule has 1 aromatic carbocycles. The van der Waals surface area contributed by atoms with Crippen molar-refractivity contribution in [1.29, 1.82) is 0 Å². The molecule has 2 heterocycles. The van der Waals surface area contributed by atoms with Gasteiger partial charge in [0, 0.05) is 31.7 Å².